The van der Waals surface area contributed by atoms with E-state index in [0.29, 0.717) is 11.4 Å². The molecule has 2 heterocycles. The van der Waals surface area contributed by atoms with Gasteiger partial charge in [0.2, 0.25) is 0 Å². The van der Waals surface area contributed by atoms with Crippen molar-refractivity contribution in [2.45, 2.75) is 72.6 Å². The summed E-state index contributed by atoms with van der Waals surface area (Å²) < 4.78 is 2.27. The minimum atomic E-state index is -0.0979. The average molecular weight is 1090 g/mol. The molecule has 5 heteroatoms. The number of benzene rings is 8. The molecular formula is C65H58N3OPt-. The Morgan fingerprint density at radius 1 is 0.543 bits per heavy atom. The van der Waals surface area contributed by atoms with Crippen LogP contribution in [0.1, 0.15) is 82.6 Å². The van der Waals surface area contributed by atoms with Gasteiger partial charge in [-0.1, -0.05) is 205 Å². The third-order valence-corrected chi connectivity index (χ3v) is 13.5. The molecule has 0 radical (unpaired) electrons. The van der Waals surface area contributed by atoms with Crippen LogP contribution in [-0.4, -0.2) is 19.6 Å². The summed E-state index contributed by atoms with van der Waals surface area (Å²) in [5.41, 5.74) is 20.6. The zero-order chi connectivity index (χ0) is 48.0. The first-order valence-electron chi connectivity index (χ1n) is 24.2. The number of imidazole rings is 1. The first-order valence-corrected chi connectivity index (χ1v) is 24.2. The molecule has 8 aromatic carbocycles. The largest absolute Gasteiger partial charge is 0.507 e. The minimum absolute atomic E-state index is 0. The number of hydrogen-bond acceptors (Lipinski definition) is 3. The van der Waals surface area contributed by atoms with Crippen LogP contribution in [0.2, 0.25) is 0 Å². The molecule has 0 saturated heterocycles. The van der Waals surface area contributed by atoms with Crippen LogP contribution in [0.25, 0.3) is 95.0 Å². The summed E-state index contributed by atoms with van der Waals surface area (Å²) >= 11 is 0. The van der Waals surface area contributed by atoms with Gasteiger partial charge >= 0.3 is 0 Å². The summed E-state index contributed by atoms with van der Waals surface area (Å²) in [7, 11) is 0. The van der Waals surface area contributed by atoms with E-state index in [1.807, 2.05) is 12.3 Å². The molecule has 350 valence electrons. The van der Waals surface area contributed by atoms with Crippen molar-refractivity contribution in [3.05, 3.63) is 217 Å². The van der Waals surface area contributed by atoms with E-state index >= 15 is 0 Å². The van der Waals surface area contributed by atoms with Crippen LogP contribution >= 0.6 is 0 Å². The maximum absolute atomic E-state index is 12.4. The Hall–Kier alpha value is -7.13. The number of aromatic nitrogens is 3. The zero-order valence-corrected chi connectivity index (χ0v) is 43.4. The van der Waals surface area contributed by atoms with Gasteiger partial charge in [-0.3, -0.25) is 9.55 Å². The minimum Gasteiger partial charge on any atom is -0.507 e. The van der Waals surface area contributed by atoms with Crippen LogP contribution in [0, 0.1) is 13.0 Å². The van der Waals surface area contributed by atoms with E-state index in [-0.39, 0.29) is 44.1 Å². The first kappa shape index (κ1) is 47.9. The second-order valence-corrected chi connectivity index (χ2v) is 20.0. The van der Waals surface area contributed by atoms with Crippen LogP contribution in [-0.2, 0) is 26.5 Å². The SMILES string of the molecule is Cc1cc(-c2c(-c3ccccc3)cccc2C(C)(C)C)ccc1-n1c(-c2cc(C(C)C)cc(C(C)C)c2O)nc2c(-c3[c-]c(-c4cc(-c5ccccc5)ccn4)cc(-c4ccccc4)c3)cccc21.[Pt]. The summed E-state index contributed by atoms with van der Waals surface area (Å²) in [6, 6.07) is 68.4. The van der Waals surface area contributed by atoms with E-state index in [2.05, 4.69) is 242 Å². The molecule has 0 aliphatic rings. The normalized spacial score (nSPS) is 11.6. The molecule has 0 aliphatic carbocycles. The number of phenolic OH excluding ortho intramolecular Hbond substituents is 1. The van der Waals surface area contributed by atoms with Crippen molar-refractivity contribution in [2.75, 3.05) is 0 Å². The smallest absolute Gasteiger partial charge is 0.148 e. The molecule has 0 amide bonds. The van der Waals surface area contributed by atoms with Gasteiger partial charge in [0.25, 0.3) is 0 Å². The first-order chi connectivity index (χ1) is 33.3. The third kappa shape index (κ3) is 9.21. The van der Waals surface area contributed by atoms with Gasteiger partial charge < -0.3 is 5.11 Å². The Bertz CT molecular complexity index is 3490. The molecular weight excluding hydrogens is 1030 g/mol. The Kier molecular flexibility index (Phi) is 13.5. The molecule has 2 aromatic heterocycles. The number of phenols is 1. The van der Waals surface area contributed by atoms with Crippen molar-refractivity contribution in [3.8, 4) is 89.7 Å². The van der Waals surface area contributed by atoms with E-state index in [4.69, 9.17) is 9.97 Å². The van der Waals surface area contributed by atoms with Crippen LogP contribution in [0.4, 0.5) is 0 Å². The third-order valence-electron chi connectivity index (χ3n) is 13.5. The quantitative estimate of drug-likeness (QED) is 0.139. The fourth-order valence-electron chi connectivity index (χ4n) is 9.81. The Morgan fingerprint density at radius 3 is 1.81 bits per heavy atom. The molecule has 0 bridgehead atoms. The van der Waals surface area contributed by atoms with Gasteiger partial charge in [0.15, 0.2) is 0 Å². The Morgan fingerprint density at radius 2 is 1.17 bits per heavy atom. The van der Waals surface area contributed by atoms with Crippen molar-refractivity contribution in [1.82, 2.24) is 14.5 Å². The second-order valence-electron chi connectivity index (χ2n) is 20.0. The van der Waals surface area contributed by atoms with Crippen molar-refractivity contribution >= 4 is 11.0 Å². The molecule has 4 nitrogen and oxygen atoms in total. The molecule has 0 fully saturated rings. The monoisotopic (exact) mass is 1090 g/mol. The van der Waals surface area contributed by atoms with E-state index in [9.17, 15) is 5.11 Å². The van der Waals surface area contributed by atoms with Gasteiger partial charge in [0.05, 0.1) is 22.3 Å². The number of hydrogen-bond donors (Lipinski definition) is 1. The number of para-hydroxylation sites is 1. The molecule has 0 aliphatic heterocycles. The van der Waals surface area contributed by atoms with Crippen molar-refractivity contribution < 1.29 is 26.2 Å². The molecule has 70 heavy (non-hydrogen) atoms. The van der Waals surface area contributed by atoms with Crippen molar-refractivity contribution in [1.29, 1.82) is 0 Å². The predicted octanol–water partition coefficient (Wildman–Crippen LogP) is 17.4. The molecule has 0 saturated carbocycles. The fourth-order valence-corrected chi connectivity index (χ4v) is 9.81. The maximum Gasteiger partial charge on any atom is 0.148 e. The van der Waals surface area contributed by atoms with Gasteiger partial charge in [0.1, 0.15) is 11.6 Å². The Labute approximate surface area is 428 Å². The van der Waals surface area contributed by atoms with Crippen LogP contribution in [0.3, 0.4) is 0 Å². The molecule has 10 rings (SSSR count). The van der Waals surface area contributed by atoms with Gasteiger partial charge in [-0.2, -0.15) is 0 Å². The number of rotatable bonds is 10. The van der Waals surface area contributed by atoms with Gasteiger partial charge in [-0.05, 0) is 116 Å². The summed E-state index contributed by atoms with van der Waals surface area (Å²) in [5, 5.41) is 12.4. The van der Waals surface area contributed by atoms with Crippen molar-refractivity contribution in [3.63, 3.8) is 0 Å². The summed E-state index contributed by atoms with van der Waals surface area (Å²) in [4.78, 5) is 10.6. The standard InChI is InChI=1S/C65H58N3O.Pt/c1-41(2)49-38-55(42(3)4)63(69)56(39-49)64-67-62-54(51-35-50(45-22-14-10-15-23-45)36-52(37-51)58-40-47(32-33-66-58)44-20-12-9-13-21-44)27-19-29-60(62)68(64)59-31-30-48(34-43(59)5)61-53(46-24-16-11-17-25-46)26-18-28-57(61)65(6,7)8;/h9-36,38-42,69H,1-8H3;/q-1;. The van der Waals surface area contributed by atoms with Crippen LogP contribution in [0.5, 0.6) is 5.75 Å². The molecule has 0 spiro atoms. The zero-order valence-electron chi connectivity index (χ0n) is 41.2. The number of fused-ring (bicyclic) bond motifs is 1. The molecule has 10 aromatic rings. The molecule has 0 atom stereocenters. The van der Waals surface area contributed by atoms with Crippen LogP contribution < -0.4 is 0 Å². The second kappa shape index (κ2) is 19.7. The Balaban J connectivity index is 0.00000608. The number of pyridine rings is 1. The average Bonchev–Trinajstić information content (AvgIpc) is 3.75. The van der Waals surface area contributed by atoms with Crippen LogP contribution in [0.15, 0.2) is 188 Å². The number of nitrogens with zero attached hydrogens (tertiary/aromatic N) is 3. The van der Waals surface area contributed by atoms with Gasteiger partial charge in [-0.15, -0.1) is 23.8 Å². The number of aromatic hydroxyl groups is 1. The van der Waals surface area contributed by atoms with E-state index < -0.39 is 0 Å². The van der Waals surface area contributed by atoms with Gasteiger partial charge in [-0.25, -0.2) is 4.98 Å². The number of aryl methyl sites for hydroxylation is 1. The predicted molar refractivity (Wildman–Crippen MR) is 289 cm³/mol. The maximum atomic E-state index is 12.4. The van der Waals surface area contributed by atoms with Gasteiger partial charge in [0, 0.05) is 33.0 Å². The summed E-state index contributed by atoms with van der Waals surface area (Å²) in [6.07, 6.45) is 1.88. The van der Waals surface area contributed by atoms with E-state index in [1.54, 1.807) is 0 Å². The summed E-state index contributed by atoms with van der Waals surface area (Å²) in [5.74, 6) is 1.28. The topological polar surface area (TPSA) is 50.9 Å². The summed E-state index contributed by atoms with van der Waals surface area (Å²) in [6.45, 7) is 17.8. The van der Waals surface area contributed by atoms with E-state index in [0.717, 1.165) is 83.6 Å². The van der Waals surface area contributed by atoms with Crippen molar-refractivity contribution in [2.24, 2.45) is 0 Å². The van der Waals surface area contributed by atoms with E-state index in [1.165, 1.54) is 22.3 Å². The molecule has 1 N–H and O–H groups in total. The fraction of sp³-hybridized carbons (Fsp3) is 0.169. The molecule has 0 unspecified atom stereocenters.